The maximum Gasteiger partial charge on any atom is 0.356 e. The molecule has 0 saturated carbocycles. The first-order valence-corrected chi connectivity index (χ1v) is 6.18. The molecule has 7 heteroatoms. The molecule has 21 heavy (non-hydrogen) atoms. The SMILES string of the molecule is Cc1cnc(-c2cc(C(=O)O)nn2-c2cccnc2)cn1. The van der Waals surface area contributed by atoms with Gasteiger partial charge in [0, 0.05) is 18.5 Å². The minimum Gasteiger partial charge on any atom is -0.476 e. The fourth-order valence-corrected chi connectivity index (χ4v) is 1.87. The molecule has 0 radical (unpaired) electrons. The van der Waals surface area contributed by atoms with Gasteiger partial charge < -0.3 is 5.11 Å². The number of rotatable bonds is 3. The highest BCUT2D eigenvalue weighted by molar-refractivity contribution is 5.87. The van der Waals surface area contributed by atoms with Crippen molar-refractivity contribution in [3.05, 3.63) is 54.4 Å². The van der Waals surface area contributed by atoms with Gasteiger partial charge in [-0.25, -0.2) is 9.48 Å². The number of carboxylic acids is 1. The third kappa shape index (κ3) is 2.48. The van der Waals surface area contributed by atoms with E-state index in [1.165, 1.54) is 10.7 Å². The van der Waals surface area contributed by atoms with Gasteiger partial charge in [-0.15, -0.1) is 0 Å². The lowest BCUT2D eigenvalue weighted by Crippen LogP contribution is -2.03. The van der Waals surface area contributed by atoms with Gasteiger partial charge in [0.1, 0.15) is 5.69 Å². The Labute approximate surface area is 119 Å². The largest absolute Gasteiger partial charge is 0.476 e. The van der Waals surface area contributed by atoms with Gasteiger partial charge in [-0.3, -0.25) is 15.0 Å². The quantitative estimate of drug-likeness (QED) is 0.785. The normalized spacial score (nSPS) is 10.5. The molecule has 3 aromatic rings. The van der Waals surface area contributed by atoms with Gasteiger partial charge in [-0.1, -0.05) is 0 Å². The van der Waals surface area contributed by atoms with Crippen LogP contribution in [0.1, 0.15) is 16.2 Å². The predicted octanol–water partition coefficient (Wildman–Crippen LogP) is 1.73. The molecule has 0 saturated heterocycles. The molecular formula is C14H11N5O2. The van der Waals surface area contributed by atoms with E-state index in [9.17, 15) is 4.79 Å². The van der Waals surface area contributed by atoms with Gasteiger partial charge >= 0.3 is 5.97 Å². The molecule has 0 bridgehead atoms. The second-order valence-corrected chi connectivity index (χ2v) is 4.39. The number of carboxylic acid groups (broad SMARTS) is 1. The summed E-state index contributed by atoms with van der Waals surface area (Å²) < 4.78 is 1.50. The lowest BCUT2D eigenvalue weighted by Gasteiger charge is -2.05. The third-order valence-corrected chi connectivity index (χ3v) is 2.86. The third-order valence-electron chi connectivity index (χ3n) is 2.86. The Morgan fingerprint density at radius 3 is 2.71 bits per heavy atom. The predicted molar refractivity (Wildman–Crippen MR) is 74.1 cm³/mol. The molecule has 3 heterocycles. The number of aryl methyl sites for hydroxylation is 1. The molecule has 0 aliphatic heterocycles. The molecule has 0 atom stereocenters. The van der Waals surface area contributed by atoms with Crippen molar-refractivity contribution in [2.24, 2.45) is 0 Å². The van der Waals surface area contributed by atoms with Crippen molar-refractivity contribution in [3.63, 3.8) is 0 Å². The van der Waals surface area contributed by atoms with Crippen molar-refractivity contribution < 1.29 is 9.90 Å². The number of nitrogens with zero attached hydrogens (tertiary/aromatic N) is 5. The summed E-state index contributed by atoms with van der Waals surface area (Å²) in [5.41, 5.74) is 2.47. The van der Waals surface area contributed by atoms with Crippen molar-refractivity contribution in [1.82, 2.24) is 24.7 Å². The van der Waals surface area contributed by atoms with E-state index in [-0.39, 0.29) is 5.69 Å². The lowest BCUT2D eigenvalue weighted by atomic mass is 10.2. The smallest absolute Gasteiger partial charge is 0.356 e. The molecule has 0 fully saturated rings. The lowest BCUT2D eigenvalue weighted by molar-refractivity contribution is 0.0690. The highest BCUT2D eigenvalue weighted by atomic mass is 16.4. The van der Waals surface area contributed by atoms with Crippen LogP contribution in [0.3, 0.4) is 0 Å². The number of pyridine rings is 1. The van der Waals surface area contributed by atoms with Crippen molar-refractivity contribution in [2.45, 2.75) is 6.92 Å². The van der Waals surface area contributed by atoms with Crippen LogP contribution >= 0.6 is 0 Å². The van der Waals surface area contributed by atoms with Crippen molar-refractivity contribution >= 4 is 5.97 Å². The maximum absolute atomic E-state index is 11.2. The summed E-state index contributed by atoms with van der Waals surface area (Å²) in [7, 11) is 0. The van der Waals surface area contributed by atoms with Gasteiger partial charge in [0.25, 0.3) is 0 Å². The van der Waals surface area contributed by atoms with Crippen LogP contribution in [0.5, 0.6) is 0 Å². The summed E-state index contributed by atoms with van der Waals surface area (Å²) in [6.45, 7) is 1.83. The first kappa shape index (κ1) is 12.9. The topological polar surface area (TPSA) is 93.8 Å². The molecule has 0 aromatic carbocycles. The Morgan fingerprint density at radius 2 is 2.10 bits per heavy atom. The van der Waals surface area contributed by atoms with E-state index in [1.54, 1.807) is 36.9 Å². The number of aromatic carboxylic acids is 1. The standard InChI is InChI=1S/C14H11N5O2/c1-9-6-17-12(8-16-9)13-5-11(14(20)21)18-19(13)10-3-2-4-15-7-10/h2-8H,1H3,(H,20,21). The van der Waals surface area contributed by atoms with Crippen LogP contribution in [0.15, 0.2) is 43.0 Å². The first-order valence-electron chi connectivity index (χ1n) is 6.18. The molecule has 0 spiro atoms. The fourth-order valence-electron chi connectivity index (χ4n) is 1.87. The molecular weight excluding hydrogens is 270 g/mol. The number of carbonyl (C=O) groups is 1. The molecule has 104 valence electrons. The Balaban J connectivity index is 2.19. The molecule has 7 nitrogen and oxygen atoms in total. The van der Waals surface area contributed by atoms with Crippen LogP contribution in [-0.4, -0.2) is 35.8 Å². The first-order chi connectivity index (χ1) is 10.1. The molecule has 0 aliphatic carbocycles. The second-order valence-electron chi connectivity index (χ2n) is 4.39. The summed E-state index contributed by atoms with van der Waals surface area (Å²) in [5, 5.41) is 13.2. The average Bonchev–Trinajstić information content (AvgIpc) is 2.94. The Morgan fingerprint density at radius 1 is 1.24 bits per heavy atom. The van der Waals surface area contributed by atoms with E-state index in [4.69, 9.17) is 5.11 Å². The zero-order valence-corrected chi connectivity index (χ0v) is 11.1. The van der Waals surface area contributed by atoms with Crippen molar-refractivity contribution in [2.75, 3.05) is 0 Å². The number of hydrogen-bond donors (Lipinski definition) is 1. The van der Waals surface area contributed by atoms with Crippen molar-refractivity contribution in [3.8, 4) is 17.1 Å². The Bertz CT molecular complexity index is 781. The summed E-state index contributed by atoms with van der Waals surface area (Å²) in [6.07, 6.45) is 6.45. The Hall–Kier alpha value is -3.09. The maximum atomic E-state index is 11.2. The van der Waals surface area contributed by atoms with Crippen LogP contribution in [0.4, 0.5) is 0 Å². The summed E-state index contributed by atoms with van der Waals surface area (Å²) in [6, 6.07) is 5.01. The van der Waals surface area contributed by atoms with Crippen molar-refractivity contribution in [1.29, 1.82) is 0 Å². The molecule has 0 aliphatic rings. The fraction of sp³-hybridized carbons (Fsp3) is 0.0714. The zero-order chi connectivity index (χ0) is 14.8. The molecule has 3 aromatic heterocycles. The second kappa shape index (κ2) is 5.12. The number of hydrogen-bond acceptors (Lipinski definition) is 5. The van der Waals surface area contributed by atoms with Gasteiger partial charge in [-0.05, 0) is 19.1 Å². The van der Waals surface area contributed by atoms with Gasteiger partial charge in [0.05, 0.1) is 29.5 Å². The minimum absolute atomic E-state index is 0.0590. The average molecular weight is 281 g/mol. The molecule has 0 unspecified atom stereocenters. The van der Waals surface area contributed by atoms with E-state index in [0.29, 0.717) is 17.1 Å². The van der Waals surface area contributed by atoms with E-state index in [0.717, 1.165) is 5.69 Å². The molecule has 3 rings (SSSR count). The van der Waals surface area contributed by atoms with Crippen LogP contribution in [0.25, 0.3) is 17.1 Å². The van der Waals surface area contributed by atoms with E-state index in [2.05, 4.69) is 20.1 Å². The van der Waals surface area contributed by atoms with E-state index >= 15 is 0 Å². The van der Waals surface area contributed by atoms with Crippen LogP contribution < -0.4 is 0 Å². The van der Waals surface area contributed by atoms with Gasteiger partial charge in [0.15, 0.2) is 5.69 Å². The van der Waals surface area contributed by atoms with Crippen LogP contribution in [-0.2, 0) is 0 Å². The van der Waals surface area contributed by atoms with Crippen LogP contribution in [0, 0.1) is 6.92 Å². The van der Waals surface area contributed by atoms with E-state index < -0.39 is 5.97 Å². The summed E-state index contributed by atoms with van der Waals surface area (Å²) >= 11 is 0. The zero-order valence-electron chi connectivity index (χ0n) is 11.1. The molecule has 1 N–H and O–H groups in total. The molecule has 0 amide bonds. The minimum atomic E-state index is -1.10. The Kier molecular flexibility index (Phi) is 3.15. The summed E-state index contributed by atoms with van der Waals surface area (Å²) in [4.78, 5) is 23.6. The summed E-state index contributed by atoms with van der Waals surface area (Å²) in [5.74, 6) is -1.10. The van der Waals surface area contributed by atoms with Crippen LogP contribution in [0.2, 0.25) is 0 Å². The monoisotopic (exact) mass is 281 g/mol. The number of aromatic nitrogens is 5. The van der Waals surface area contributed by atoms with Gasteiger partial charge in [0.2, 0.25) is 0 Å². The highest BCUT2D eigenvalue weighted by Gasteiger charge is 2.17. The van der Waals surface area contributed by atoms with Gasteiger partial charge in [-0.2, -0.15) is 5.10 Å². The van der Waals surface area contributed by atoms with E-state index in [1.807, 2.05) is 6.92 Å². The highest BCUT2D eigenvalue weighted by Crippen LogP contribution is 2.21.